The van der Waals surface area contributed by atoms with Crippen molar-refractivity contribution in [1.29, 1.82) is 0 Å². The number of phenols is 1. The van der Waals surface area contributed by atoms with Gasteiger partial charge in [-0.25, -0.2) is 0 Å². The Labute approximate surface area is 206 Å². The zero-order valence-electron chi connectivity index (χ0n) is 20.7. The van der Waals surface area contributed by atoms with Crippen LogP contribution in [0.15, 0.2) is 17.2 Å². The Hall–Kier alpha value is -2.23. The Balaban J connectivity index is 1.59. The normalized spacial score (nSPS) is 15.6. The number of nitrogens with one attached hydrogen (secondary N) is 2. The van der Waals surface area contributed by atoms with Crippen LogP contribution in [0.3, 0.4) is 0 Å². The first-order chi connectivity index (χ1) is 16.1. The van der Waals surface area contributed by atoms with Gasteiger partial charge in [0.05, 0.1) is 17.0 Å². The standard InChI is InChI=1S/C25H38N4O4S/c1-5-17-18-6-7-20(30)19(23(18)27-24(17)34-25(2,3)4)16-29-14-12-28(13-15-29)11-10-26-21(31)8-9-22(32)33/h6-7,27,30H,5,8-16H2,1-4H3,(H,26,31)(H,32,33). The van der Waals surface area contributed by atoms with E-state index in [1.54, 1.807) is 0 Å². The number of nitrogens with zero attached hydrogens (tertiary/aromatic N) is 2. The fourth-order valence-corrected chi connectivity index (χ4v) is 5.45. The Bertz CT molecular complexity index is 1010. The molecule has 4 N–H and O–H groups in total. The number of phenolic OH excluding ortho intramolecular Hbond substituents is 1. The number of piperazine rings is 1. The lowest BCUT2D eigenvalue weighted by Gasteiger charge is -2.34. The molecule has 0 unspecified atom stereocenters. The van der Waals surface area contributed by atoms with E-state index in [2.05, 4.69) is 47.8 Å². The van der Waals surface area contributed by atoms with E-state index < -0.39 is 5.97 Å². The summed E-state index contributed by atoms with van der Waals surface area (Å²) in [5, 5.41) is 24.5. The molecule has 0 bridgehead atoms. The number of H-pyrrole nitrogens is 1. The first-order valence-corrected chi connectivity index (χ1v) is 12.9. The van der Waals surface area contributed by atoms with E-state index in [1.165, 1.54) is 16.0 Å². The minimum absolute atomic E-state index is 0.0204. The van der Waals surface area contributed by atoms with Gasteiger partial charge in [0.25, 0.3) is 0 Å². The molecule has 1 amide bonds. The van der Waals surface area contributed by atoms with Gasteiger partial charge < -0.3 is 20.5 Å². The Morgan fingerprint density at radius 2 is 1.76 bits per heavy atom. The second-order valence-corrected chi connectivity index (χ2v) is 11.7. The van der Waals surface area contributed by atoms with E-state index >= 15 is 0 Å². The highest BCUT2D eigenvalue weighted by Crippen LogP contribution is 2.40. The smallest absolute Gasteiger partial charge is 0.303 e. The molecule has 0 spiro atoms. The molecule has 34 heavy (non-hydrogen) atoms. The zero-order valence-corrected chi connectivity index (χ0v) is 21.6. The van der Waals surface area contributed by atoms with E-state index in [4.69, 9.17) is 5.11 Å². The fourth-order valence-electron chi connectivity index (χ4n) is 4.30. The summed E-state index contributed by atoms with van der Waals surface area (Å²) < 4.78 is 0.0963. The van der Waals surface area contributed by atoms with Crippen LogP contribution in [0.1, 0.15) is 51.7 Å². The first-order valence-electron chi connectivity index (χ1n) is 12.0. The van der Waals surface area contributed by atoms with Gasteiger partial charge in [0.1, 0.15) is 5.75 Å². The monoisotopic (exact) mass is 490 g/mol. The van der Waals surface area contributed by atoms with Crippen molar-refractivity contribution in [3.05, 3.63) is 23.3 Å². The van der Waals surface area contributed by atoms with Gasteiger partial charge in [-0.15, -0.1) is 11.8 Å². The number of aromatic hydroxyl groups is 1. The van der Waals surface area contributed by atoms with Crippen molar-refractivity contribution in [2.24, 2.45) is 0 Å². The fraction of sp³-hybridized carbons (Fsp3) is 0.600. The van der Waals surface area contributed by atoms with Crippen molar-refractivity contribution in [2.45, 2.75) is 63.3 Å². The average molecular weight is 491 g/mol. The Kier molecular flexibility index (Phi) is 8.89. The number of fused-ring (bicyclic) bond motifs is 1. The second-order valence-electron chi connectivity index (χ2n) is 9.85. The molecule has 9 heteroatoms. The number of thioether (sulfide) groups is 1. The molecule has 1 aliphatic rings. The van der Waals surface area contributed by atoms with Crippen LogP contribution in [0.4, 0.5) is 0 Å². The number of aromatic nitrogens is 1. The van der Waals surface area contributed by atoms with Crippen LogP contribution in [0.25, 0.3) is 10.9 Å². The molecule has 2 heterocycles. The summed E-state index contributed by atoms with van der Waals surface area (Å²) in [4.78, 5) is 30.5. The van der Waals surface area contributed by atoms with Gasteiger partial charge >= 0.3 is 5.97 Å². The average Bonchev–Trinajstić information content (AvgIpc) is 3.11. The molecule has 0 radical (unpaired) electrons. The molecular formula is C25H38N4O4S. The zero-order chi connectivity index (χ0) is 24.9. The van der Waals surface area contributed by atoms with Crippen molar-refractivity contribution < 1.29 is 19.8 Å². The molecule has 1 aromatic heterocycles. The molecule has 3 rings (SSSR count). The lowest BCUT2D eigenvalue weighted by molar-refractivity contribution is -0.138. The number of hydrogen-bond acceptors (Lipinski definition) is 6. The molecule has 0 atom stereocenters. The number of benzene rings is 1. The van der Waals surface area contributed by atoms with Crippen molar-refractivity contribution in [3.8, 4) is 5.75 Å². The molecule has 1 aliphatic heterocycles. The molecule has 2 aromatic rings. The van der Waals surface area contributed by atoms with Gasteiger partial charge in [0, 0.05) is 67.9 Å². The minimum atomic E-state index is -0.956. The summed E-state index contributed by atoms with van der Waals surface area (Å²) in [6.45, 7) is 14.3. The third-order valence-electron chi connectivity index (χ3n) is 6.05. The number of rotatable bonds is 10. The topological polar surface area (TPSA) is 109 Å². The Morgan fingerprint density at radius 1 is 1.09 bits per heavy atom. The van der Waals surface area contributed by atoms with Crippen LogP contribution in [0.5, 0.6) is 5.75 Å². The number of carboxylic acid groups (broad SMARTS) is 1. The lowest BCUT2D eigenvalue weighted by atomic mass is 10.1. The van der Waals surface area contributed by atoms with E-state index in [9.17, 15) is 14.7 Å². The van der Waals surface area contributed by atoms with Crippen LogP contribution in [0, 0.1) is 0 Å². The quantitative estimate of drug-likeness (QED) is 0.378. The second kappa shape index (κ2) is 11.5. The largest absolute Gasteiger partial charge is 0.508 e. The van der Waals surface area contributed by atoms with Gasteiger partial charge in [0.15, 0.2) is 0 Å². The predicted octanol–water partition coefficient (Wildman–Crippen LogP) is 3.43. The number of carbonyl (C=O) groups is 2. The molecule has 0 aliphatic carbocycles. The van der Waals surface area contributed by atoms with Crippen molar-refractivity contribution in [1.82, 2.24) is 20.1 Å². The summed E-state index contributed by atoms with van der Waals surface area (Å²) in [5.41, 5.74) is 3.30. The lowest BCUT2D eigenvalue weighted by Crippen LogP contribution is -2.48. The van der Waals surface area contributed by atoms with Crippen LogP contribution in [-0.4, -0.2) is 80.9 Å². The highest BCUT2D eigenvalue weighted by molar-refractivity contribution is 8.00. The summed E-state index contributed by atoms with van der Waals surface area (Å²) in [6.07, 6.45) is 0.821. The maximum absolute atomic E-state index is 11.7. The van der Waals surface area contributed by atoms with Gasteiger partial charge in [0.2, 0.25) is 5.91 Å². The summed E-state index contributed by atoms with van der Waals surface area (Å²) in [7, 11) is 0. The molecular weight excluding hydrogens is 452 g/mol. The van der Waals surface area contributed by atoms with Crippen LogP contribution >= 0.6 is 11.8 Å². The number of carbonyl (C=O) groups excluding carboxylic acids is 1. The van der Waals surface area contributed by atoms with Gasteiger partial charge in [-0.2, -0.15) is 0 Å². The maximum atomic E-state index is 11.7. The van der Waals surface area contributed by atoms with Crippen LogP contribution < -0.4 is 5.32 Å². The van der Waals surface area contributed by atoms with Crippen LogP contribution in [-0.2, 0) is 22.6 Å². The number of carboxylic acids is 1. The number of aromatic amines is 1. The number of amides is 1. The summed E-state index contributed by atoms with van der Waals surface area (Å²) in [6, 6.07) is 3.85. The van der Waals surface area contributed by atoms with Gasteiger partial charge in [-0.3, -0.25) is 19.4 Å². The van der Waals surface area contributed by atoms with Gasteiger partial charge in [-0.1, -0.05) is 27.7 Å². The molecule has 0 saturated carbocycles. The number of hydrogen-bond donors (Lipinski definition) is 4. The molecule has 1 fully saturated rings. The molecule has 1 saturated heterocycles. The van der Waals surface area contributed by atoms with Crippen molar-refractivity contribution in [2.75, 3.05) is 39.3 Å². The SMILES string of the molecule is CCc1c(SC(C)(C)C)[nH]c2c(CN3CCN(CCNC(=O)CCC(=O)O)CC3)c(O)ccc12. The predicted molar refractivity (Wildman–Crippen MR) is 137 cm³/mol. The van der Waals surface area contributed by atoms with Gasteiger partial charge in [-0.05, 0) is 24.1 Å². The third-order valence-corrected chi connectivity index (χ3v) is 7.22. The third kappa shape index (κ3) is 7.13. The molecule has 188 valence electrons. The first kappa shape index (κ1) is 26.4. The van der Waals surface area contributed by atoms with E-state index in [1.807, 2.05) is 23.9 Å². The van der Waals surface area contributed by atoms with E-state index in [0.29, 0.717) is 18.8 Å². The Morgan fingerprint density at radius 3 is 2.38 bits per heavy atom. The van der Waals surface area contributed by atoms with E-state index in [0.717, 1.165) is 50.2 Å². The maximum Gasteiger partial charge on any atom is 0.303 e. The summed E-state index contributed by atoms with van der Waals surface area (Å²) >= 11 is 1.84. The number of aliphatic carboxylic acids is 1. The molecule has 1 aromatic carbocycles. The number of aryl methyl sites for hydroxylation is 1. The van der Waals surface area contributed by atoms with Crippen LogP contribution in [0.2, 0.25) is 0 Å². The molecule has 8 nitrogen and oxygen atoms in total. The highest BCUT2D eigenvalue weighted by Gasteiger charge is 2.23. The summed E-state index contributed by atoms with van der Waals surface area (Å²) in [5.74, 6) is -0.844. The highest BCUT2D eigenvalue weighted by atomic mass is 32.2. The van der Waals surface area contributed by atoms with Crippen molar-refractivity contribution in [3.63, 3.8) is 0 Å². The minimum Gasteiger partial charge on any atom is -0.508 e. The van der Waals surface area contributed by atoms with E-state index in [-0.39, 0.29) is 23.5 Å². The van der Waals surface area contributed by atoms with Crippen molar-refractivity contribution >= 4 is 34.5 Å².